The molecular weight excluding hydrogens is 266 g/mol. The fraction of sp³-hybridized carbons (Fsp3) is 0.588. The molecule has 0 bridgehead atoms. The predicted molar refractivity (Wildman–Crippen MR) is 83.8 cm³/mol. The third-order valence-corrected chi connectivity index (χ3v) is 4.72. The number of nitrogens with one attached hydrogen (secondary N) is 1. The minimum Gasteiger partial charge on any atom is -0.495 e. The Labute approximate surface area is 126 Å². The van der Waals surface area contributed by atoms with Gasteiger partial charge in [0.05, 0.1) is 12.8 Å². The van der Waals surface area contributed by atoms with Crippen LogP contribution in [-0.4, -0.2) is 23.7 Å². The Bertz CT molecular complexity index is 491. The number of rotatable bonds is 5. The van der Waals surface area contributed by atoms with E-state index in [2.05, 4.69) is 19.2 Å². The van der Waals surface area contributed by atoms with E-state index in [1.54, 1.807) is 7.11 Å². The topological polar surface area (TPSA) is 58.6 Å². The summed E-state index contributed by atoms with van der Waals surface area (Å²) in [7, 11) is 1.60. The van der Waals surface area contributed by atoms with Gasteiger partial charge < -0.3 is 15.2 Å². The van der Waals surface area contributed by atoms with Crippen molar-refractivity contribution < 1.29 is 14.6 Å². The summed E-state index contributed by atoms with van der Waals surface area (Å²) in [6.45, 7) is 4.43. The van der Waals surface area contributed by atoms with Crippen LogP contribution in [0, 0.1) is 11.8 Å². The number of benzene rings is 1. The van der Waals surface area contributed by atoms with Crippen LogP contribution in [0.1, 0.15) is 39.5 Å². The highest BCUT2D eigenvalue weighted by atomic mass is 16.5. The maximum Gasteiger partial charge on any atom is 0.329 e. The Kier molecular flexibility index (Phi) is 4.76. The van der Waals surface area contributed by atoms with Gasteiger partial charge in [0.2, 0.25) is 0 Å². The van der Waals surface area contributed by atoms with Crippen molar-refractivity contribution in [3.8, 4) is 5.75 Å². The van der Waals surface area contributed by atoms with Crippen LogP contribution in [0.4, 0.5) is 5.69 Å². The number of ether oxygens (including phenoxy) is 1. The molecule has 0 radical (unpaired) electrons. The van der Waals surface area contributed by atoms with Crippen LogP contribution in [-0.2, 0) is 4.79 Å². The first-order valence-electron chi connectivity index (χ1n) is 7.63. The molecule has 1 saturated carbocycles. The molecule has 0 aromatic heterocycles. The lowest BCUT2D eigenvalue weighted by Gasteiger charge is -2.39. The highest BCUT2D eigenvalue weighted by Crippen LogP contribution is 2.39. The summed E-state index contributed by atoms with van der Waals surface area (Å²) in [6.07, 6.45) is 3.21. The predicted octanol–water partition coefficient (Wildman–Crippen LogP) is 3.78. The zero-order valence-corrected chi connectivity index (χ0v) is 13.1. The number of aliphatic carboxylic acids is 1. The van der Waals surface area contributed by atoms with Gasteiger partial charge in [-0.2, -0.15) is 0 Å². The summed E-state index contributed by atoms with van der Waals surface area (Å²) in [4.78, 5) is 11.9. The fourth-order valence-electron chi connectivity index (χ4n) is 3.20. The molecule has 0 heterocycles. The third kappa shape index (κ3) is 3.31. The van der Waals surface area contributed by atoms with Gasteiger partial charge in [0.25, 0.3) is 0 Å². The lowest BCUT2D eigenvalue weighted by molar-refractivity contribution is -0.144. The van der Waals surface area contributed by atoms with E-state index in [9.17, 15) is 9.90 Å². The molecule has 0 atom stereocenters. The van der Waals surface area contributed by atoms with Crippen LogP contribution < -0.4 is 10.1 Å². The molecule has 21 heavy (non-hydrogen) atoms. The van der Waals surface area contributed by atoms with Gasteiger partial charge in [0.1, 0.15) is 11.3 Å². The molecule has 0 saturated heterocycles. The number of anilines is 1. The van der Waals surface area contributed by atoms with Crippen molar-refractivity contribution in [2.45, 2.75) is 45.1 Å². The maximum atomic E-state index is 11.9. The number of carbonyl (C=O) groups is 1. The first kappa shape index (κ1) is 15.7. The summed E-state index contributed by atoms with van der Waals surface area (Å²) in [5.74, 6) is 1.15. The molecule has 0 aliphatic heterocycles. The van der Waals surface area contributed by atoms with Crippen molar-refractivity contribution in [2.24, 2.45) is 11.8 Å². The van der Waals surface area contributed by atoms with Gasteiger partial charge in [-0.25, -0.2) is 4.79 Å². The number of carboxylic acids is 1. The van der Waals surface area contributed by atoms with Gasteiger partial charge in [-0.05, 0) is 49.7 Å². The molecule has 2 N–H and O–H groups in total. The fourth-order valence-corrected chi connectivity index (χ4v) is 3.20. The second kappa shape index (κ2) is 6.37. The largest absolute Gasteiger partial charge is 0.495 e. The standard InChI is InChI=1S/C17H25NO3/c1-12(2)13-8-10-17(11-9-13,16(19)20)18-14-6-4-5-7-15(14)21-3/h4-7,12-13,18H,8-11H2,1-3H3,(H,19,20). The summed E-state index contributed by atoms with van der Waals surface area (Å²) in [5, 5.41) is 13.0. The monoisotopic (exact) mass is 291 g/mol. The Hall–Kier alpha value is -1.71. The molecule has 116 valence electrons. The van der Waals surface area contributed by atoms with Gasteiger partial charge in [0, 0.05) is 0 Å². The lowest BCUT2D eigenvalue weighted by atomic mass is 9.72. The molecule has 0 unspecified atom stereocenters. The van der Waals surface area contributed by atoms with Crippen molar-refractivity contribution in [3.63, 3.8) is 0 Å². The van der Waals surface area contributed by atoms with Gasteiger partial charge in [-0.15, -0.1) is 0 Å². The number of hydrogen-bond acceptors (Lipinski definition) is 3. The van der Waals surface area contributed by atoms with Crippen molar-refractivity contribution >= 4 is 11.7 Å². The number of carboxylic acid groups (broad SMARTS) is 1. The Morgan fingerprint density at radius 1 is 1.33 bits per heavy atom. The molecule has 4 nitrogen and oxygen atoms in total. The van der Waals surface area contributed by atoms with Crippen molar-refractivity contribution in [1.29, 1.82) is 0 Å². The number of para-hydroxylation sites is 2. The SMILES string of the molecule is COc1ccccc1NC1(C(=O)O)CCC(C(C)C)CC1. The Morgan fingerprint density at radius 3 is 2.48 bits per heavy atom. The Morgan fingerprint density at radius 2 is 1.95 bits per heavy atom. The molecular formula is C17H25NO3. The number of methoxy groups -OCH3 is 1. The molecule has 1 aromatic rings. The minimum atomic E-state index is -0.875. The maximum absolute atomic E-state index is 11.9. The van der Waals surface area contributed by atoms with E-state index in [0.29, 0.717) is 30.4 Å². The molecule has 0 amide bonds. The van der Waals surface area contributed by atoms with E-state index in [-0.39, 0.29) is 0 Å². The zero-order chi connectivity index (χ0) is 15.5. The zero-order valence-electron chi connectivity index (χ0n) is 13.1. The normalized spacial score (nSPS) is 25.6. The van der Waals surface area contributed by atoms with E-state index in [1.165, 1.54) is 0 Å². The molecule has 1 aliphatic carbocycles. The third-order valence-electron chi connectivity index (χ3n) is 4.72. The average Bonchev–Trinajstić information content (AvgIpc) is 2.48. The van der Waals surface area contributed by atoms with Crippen LogP contribution in [0.25, 0.3) is 0 Å². The van der Waals surface area contributed by atoms with E-state index >= 15 is 0 Å². The van der Waals surface area contributed by atoms with Crippen molar-refractivity contribution in [2.75, 3.05) is 12.4 Å². The van der Waals surface area contributed by atoms with Gasteiger partial charge >= 0.3 is 5.97 Å². The van der Waals surface area contributed by atoms with E-state index in [1.807, 2.05) is 24.3 Å². The van der Waals surface area contributed by atoms with Crippen LogP contribution >= 0.6 is 0 Å². The van der Waals surface area contributed by atoms with Crippen molar-refractivity contribution in [3.05, 3.63) is 24.3 Å². The first-order chi connectivity index (χ1) is 9.98. The van der Waals surface area contributed by atoms with E-state index < -0.39 is 11.5 Å². The molecule has 1 aromatic carbocycles. The van der Waals surface area contributed by atoms with Gasteiger partial charge in [0.15, 0.2) is 0 Å². The molecule has 1 aliphatic rings. The second-order valence-electron chi connectivity index (χ2n) is 6.29. The average molecular weight is 291 g/mol. The summed E-state index contributed by atoms with van der Waals surface area (Å²) >= 11 is 0. The van der Waals surface area contributed by atoms with Crippen LogP contribution in [0.2, 0.25) is 0 Å². The highest BCUT2D eigenvalue weighted by molar-refractivity contribution is 5.83. The summed E-state index contributed by atoms with van der Waals surface area (Å²) in [5.41, 5.74) is -0.120. The van der Waals surface area contributed by atoms with Crippen LogP contribution in [0.3, 0.4) is 0 Å². The minimum absolute atomic E-state index is 0.614. The van der Waals surface area contributed by atoms with Crippen molar-refractivity contribution in [1.82, 2.24) is 0 Å². The molecule has 0 spiro atoms. The van der Waals surface area contributed by atoms with Gasteiger partial charge in [-0.1, -0.05) is 26.0 Å². The number of hydrogen-bond donors (Lipinski definition) is 2. The molecule has 2 rings (SSSR count). The Balaban J connectivity index is 2.19. The van der Waals surface area contributed by atoms with Gasteiger partial charge in [-0.3, -0.25) is 0 Å². The van der Waals surface area contributed by atoms with Crippen LogP contribution in [0.5, 0.6) is 5.75 Å². The lowest BCUT2D eigenvalue weighted by Crippen LogP contribution is -2.49. The van der Waals surface area contributed by atoms with E-state index in [4.69, 9.17) is 4.74 Å². The van der Waals surface area contributed by atoms with E-state index in [0.717, 1.165) is 18.5 Å². The quantitative estimate of drug-likeness (QED) is 0.867. The molecule has 4 heteroatoms. The first-order valence-corrected chi connectivity index (χ1v) is 7.63. The highest BCUT2D eigenvalue weighted by Gasteiger charge is 2.42. The second-order valence-corrected chi connectivity index (χ2v) is 6.29. The molecule has 1 fully saturated rings. The smallest absolute Gasteiger partial charge is 0.329 e. The summed E-state index contributed by atoms with van der Waals surface area (Å²) < 4.78 is 5.32. The summed E-state index contributed by atoms with van der Waals surface area (Å²) in [6, 6.07) is 7.49. The van der Waals surface area contributed by atoms with Crippen LogP contribution in [0.15, 0.2) is 24.3 Å².